The first-order valence-electron chi connectivity index (χ1n) is 20.4. The van der Waals surface area contributed by atoms with Gasteiger partial charge in [0.1, 0.15) is 22.3 Å². The third-order valence-electron chi connectivity index (χ3n) is 12.4. The fourth-order valence-corrected chi connectivity index (χ4v) is 9.72. The molecule has 0 N–H and O–H groups in total. The van der Waals surface area contributed by atoms with Crippen LogP contribution in [0.2, 0.25) is 0 Å². The van der Waals surface area contributed by atoms with Crippen LogP contribution in [0.15, 0.2) is 215 Å². The molecule has 4 nitrogen and oxygen atoms in total. The predicted octanol–water partition coefficient (Wildman–Crippen LogP) is 16.0. The Balaban J connectivity index is 1.07. The average molecular weight is 767 g/mol. The van der Waals surface area contributed by atoms with Crippen LogP contribution in [0.5, 0.6) is 0 Å². The second-order valence-electron chi connectivity index (χ2n) is 15.6. The highest BCUT2D eigenvalue weighted by Crippen LogP contribution is 2.49. The number of hydrogen-bond donors (Lipinski definition) is 0. The molecule has 0 spiro atoms. The zero-order valence-electron chi connectivity index (χ0n) is 32.3. The number of fused-ring (bicyclic) bond motifs is 13. The van der Waals surface area contributed by atoms with Gasteiger partial charge in [-0.3, -0.25) is 0 Å². The Morgan fingerprint density at radius 1 is 0.333 bits per heavy atom. The Hall–Kier alpha value is -8.08. The number of hydrogen-bond acceptors (Lipinski definition) is 3. The lowest BCUT2D eigenvalue weighted by Gasteiger charge is -2.28. The van der Waals surface area contributed by atoms with Gasteiger partial charge in [-0.1, -0.05) is 140 Å². The van der Waals surface area contributed by atoms with Gasteiger partial charge in [-0.05, 0) is 77.5 Å². The second-order valence-corrected chi connectivity index (χ2v) is 15.6. The van der Waals surface area contributed by atoms with Crippen LogP contribution in [0.25, 0.3) is 104 Å². The van der Waals surface area contributed by atoms with Gasteiger partial charge in [0, 0.05) is 60.2 Å². The van der Waals surface area contributed by atoms with Gasteiger partial charge in [0.15, 0.2) is 0 Å². The van der Waals surface area contributed by atoms with E-state index in [0.29, 0.717) is 0 Å². The summed E-state index contributed by atoms with van der Waals surface area (Å²) in [4.78, 5) is 2.40. The van der Waals surface area contributed by atoms with Crippen LogP contribution in [-0.4, -0.2) is 4.57 Å². The molecule has 13 aromatic rings. The standard InChI is InChI=1S/C56H34N2O2/c1-3-15-39-35(13-1)27-33-46-45-21-11-20-44(56(45)60-54(39)46)43-19-7-10-24-50(43)58(51-25-12-26-52-53(51)47-34-28-36-14-2-4-16-40(36)55(47)59-52)38-31-29-37(30-32-38)57-48-22-8-5-17-41(48)42-18-6-9-23-49(42)57/h1-34H. The summed E-state index contributed by atoms with van der Waals surface area (Å²) in [5, 5.41) is 11.4. The molecular weight excluding hydrogens is 733 g/mol. The number of furan rings is 2. The van der Waals surface area contributed by atoms with Gasteiger partial charge in [-0.15, -0.1) is 0 Å². The summed E-state index contributed by atoms with van der Waals surface area (Å²) in [6, 6.07) is 73.7. The van der Waals surface area contributed by atoms with E-state index in [1.807, 2.05) is 0 Å². The molecule has 3 aromatic heterocycles. The molecule has 0 atom stereocenters. The summed E-state index contributed by atoms with van der Waals surface area (Å²) in [6.07, 6.45) is 0. The van der Waals surface area contributed by atoms with E-state index < -0.39 is 0 Å². The average Bonchev–Trinajstić information content (AvgIpc) is 4.00. The van der Waals surface area contributed by atoms with Crippen LogP contribution < -0.4 is 4.90 Å². The number of rotatable bonds is 5. The summed E-state index contributed by atoms with van der Waals surface area (Å²) in [7, 11) is 0. The molecule has 0 saturated heterocycles. The lowest BCUT2D eigenvalue weighted by Crippen LogP contribution is -2.12. The Labute approximate surface area is 344 Å². The summed E-state index contributed by atoms with van der Waals surface area (Å²) < 4.78 is 16.1. The molecule has 0 bridgehead atoms. The van der Waals surface area contributed by atoms with E-state index in [9.17, 15) is 0 Å². The topological polar surface area (TPSA) is 34.5 Å². The highest BCUT2D eigenvalue weighted by molar-refractivity contribution is 6.21. The van der Waals surface area contributed by atoms with Crippen molar-refractivity contribution in [3.63, 3.8) is 0 Å². The maximum Gasteiger partial charge on any atom is 0.143 e. The molecule has 0 aliphatic carbocycles. The van der Waals surface area contributed by atoms with Gasteiger partial charge in [0.05, 0.1) is 27.8 Å². The van der Waals surface area contributed by atoms with Crippen LogP contribution >= 0.6 is 0 Å². The van der Waals surface area contributed by atoms with Crippen molar-refractivity contribution in [1.29, 1.82) is 0 Å². The van der Waals surface area contributed by atoms with E-state index in [4.69, 9.17) is 8.83 Å². The second kappa shape index (κ2) is 12.7. The fourth-order valence-electron chi connectivity index (χ4n) is 9.72. The first-order chi connectivity index (χ1) is 29.8. The molecule has 10 aromatic carbocycles. The Kier molecular flexibility index (Phi) is 6.98. The molecule has 0 fully saturated rings. The maximum absolute atomic E-state index is 6.94. The first kappa shape index (κ1) is 32.9. The van der Waals surface area contributed by atoms with E-state index in [1.165, 1.54) is 21.8 Å². The van der Waals surface area contributed by atoms with Crippen molar-refractivity contribution in [1.82, 2.24) is 4.57 Å². The van der Waals surface area contributed by atoms with E-state index in [-0.39, 0.29) is 0 Å². The van der Waals surface area contributed by atoms with Crippen molar-refractivity contribution in [2.75, 3.05) is 4.90 Å². The third kappa shape index (κ3) is 4.73. The van der Waals surface area contributed by atoms with Crippen molar-refractivity contribution in [2.24, 2.45) is 0 Å². The summed E-state index contributed by atoms with van der Waals surface area (Å²) >= 11 is 0. The van der Waals surface area contributed by atoms with Crippen molar-refractivity contribution in [2.45, 2.75) is 0 Å². The monoisotopic (exact) mass is 766 g/mol. The molecule has 0 unspecified atom stereocenters. The van der Waals surface area contributed by atoms with E-state index in [0.717, 1.165) is 99.3 Å². The number of para-hydroxylation sites is 4. The lowest BCUT2D eigenvalue weighted by atomic mass is 9.98. The van der Waals surface area contributed by atoms with Crippen LogP contribution in [0.4, 0.5) is 17.1 Å². The Morgan fingerprint density at radius 2 is 0.867 bits per heavy atom. The Bertz CT molecular complexity index is 3790. The van der Waals surface area contributed by atoms with Crippen molar-refractivity contribution < 1.29 is 8.83 Å². The van der Waals surface area contributed by atoms with Gasteiger partial charge < -0.3 is 18.3 Å². The first-order valence-corrected chi connectivity index (χ1v) is 20.4. The molecule has 4 heteroatoms. The third-order valence-corrected chi connectivity index (χ3v) is 12.4. The summed E-state index contributed by atoms with van der Waals surface area (Å²) in [5.41, 5.74) is 12.2. The maximum atomic E-state index is 6.94. The minimum Gasteiger partial charge on any atom is -0.455 e. The zero-order chi connectivity index (χ0) is 39.3. The molecule has 280 valence electrons. The number of benzene rings is 10. The summed E-state index contributed by atoms with van der Waals surface area (Å²) in [5.74, 6) is 0. The van der Waals surface area contributed by atoms with E-state index >= 15 is 0 Å². The number of nitrogens with zero attached hydrogens (tertiary/aromatic N) is 2. The SMILES string of the molecule is c1ccc(N(c2ccc(-n3c4ccccc4c4ccccc43)cc2)c2cccc3oc4c5ccccc5ccc4c23)c(-c2cccc3c2oc2c4ccccc4ccc32)c1. The summed E-state index contributed by atoms with van der Waals surface area (Å²) in [6.45, 7) is 0. The fraction of sp³-hybridized carbons (Fsp3) is 0. The molecule has 0 radical (unpaired) electrons. The van der Waals surface area contributed by atoms with Crippen LogP contribution in [0, 0.1) is 0 Å². The van der Waals surface area contributed by atoms with Gasteiger partial charge in [-0.25, -0.2) is 0 Å². The van der Waals surface area contributed by atoms with Crippen molar-refractivity contribution >= 4 is 104 Å². The number of anilines is 3. The van der Waals surface area contributed by atoms with E-state index in [1.54, 1.807) is 0 Å². The molecule has 0 saturated carbocycles. The number of aromatic nitrogens is 1. The van der Waals surface area contributed by atoms with Crippen LogP contribution in [-0.2, 0) is 0 Å². The predicted molar refractivity (Wildman–Crippen MR) is 250 cm³/mol. The quantitative estimate of drug-likeness (QED) is 0.175. The minimum atomic E-state index is 0.842. The normalized spacial score (nSPS) is 12.0. The lowest BCUT2D eigenvalue weighted by molar-refractivity contribution is 0.672. The molecular formula is C56H34N2O2. The van der Waals surface area contributed by atoms with E-state index in [2.05, 4.69) is 216 Å². The van der Waals surface area contributed by atoms with Crippen molar-refractivity contribution in [3.8, 4) is 16.8 Å². The van der Waals surface area contributed by atoms with Gasteiger partial charge in [0.25, 0.3) is 0 Å². The van der Waals surface area contributed by atoms with Crippen molar-refractivity contribution in [3.05, 3.63) is 206 Å². The minimum absolute atomic E-state index is 0.842. The zero-order valence-corrected chi connectivity index (χ0v) is 32.3. The molecule has 0 aliphatic rings. The van der Waals surface area contributed by atoms with Crippen LogP contribution in [0.3, 0.4) is 0 Å². The van der Waals surface area contributed by atoms with Gasteiger partial charge in [-0.2, -0.15) is 0 Å². The van der Waals surface area contributed by atoms with Crippen LogP contribution in [0.1, 0.15) is 0 Å². The Morgan fingerprint density at radius 3 is 1.60 bits per heavy atom. The van der Waals surface area contributed by atoms with Gasteiger partial charge >= 0.3 is 0 Å². The molecule has 0 aliphatic heterocycles. The largest absolute Gasteiger partial charge is 0.455 e. The van der Waals surface area contributed by atoms with Gasteiger partial charge in [0.2, 0.25) is 0 Å². The highest BCUT2D eigenvalue weighted by Gasteiger charge is 2.24. The molecule has 60 heavy (non-hydrogen) atoms. The smallest absolute Gasteiger partial charge is 0.143 e. The highest BCUT2D eigenvalue weighted by atomic mass is 16.3. The molecule has 0 amide bonds. The molecule has 3 heterocycles. The molecule has 13 rings (SSSR count).